The smallest absolute Gasteiger partial charge is 0.0495 e. The molecular formula is C15H29NO. The fraction of sp³-hybridized carbons (Fsp3) is 1.00. The van der Waals surface area contributed by atoms with E-state index in [4.69, 9.17) is 4.74 Å². The molecule has 2 heteroatoms. The van der Waals surface area contributed by atoms with E-state index >= 15 is 0 Å². The average Bonchev–Trinajstić information content (AvgIpc) is 2.69. The predicted octanol–water partition coefficient (Wildman–Crippen LogP) is 3.36. The van der Waals surface area contributed by atoms with Gasteiger partial charge in [0.05, 0.1) is 0 Å². The van der Waals surface area contributed by atoms with Crippen LogP contribution in [0.4, 0.5) is 0 Å². The zero-order chi connectivity index (χ0) is 11.9. The van der Waals surface area contributed by atoms with Crippen LogP contribution in [0, 0.1) is 11.8 Å². The van der Waals surface area contributed by atoms with Crippen LogP contribution in [-0.4, -0.2) is 25.8 Å². The molecule has 17 heavy (non-hydrogen) atoms. The van der Waals surface area contributed by atoms with Gasteiger partial charge in [0.15, 0.2) is 0 Å². The molecule has 0 spiro atoms. The predicted molar refractivity (Wildman–Crippen MR) is 72.2 cm³/mol. The van der Waals surface area contributed by atoms with Crippen molar-refractivity contribution < 1.29 is 4.74 Å². The van der Waals surface area contributed by atoms with E-state index in [1.54, 1.807) is 0 Å². The van der Waals surface area contributed by atoms with Gasteiger partial charge in [-0.25, -0.2) is 0 Å². The molecular weight excluding hydrogens is 210 g/mol. The second kappa shape index (κ2) is 7.38. The average molecular weight is 239 g/mol. The maximum Gasteiger partial charge on any atom is 0.0495 e. The molecule has 0 aromatic heterocycles. The Morgan fingerprint density at radius 2 is 1.88 bits per heavy atom. The summed E-state index contributed by atoms with van der Waals surface area (Å²) in [7, 11) is 0. The Kier molecular flexibility index (Phi) is 5.79. The van der Waals surface area contributed by atoms with Crippen LogP contribution >= 0.6 is 0 Å². The lowest BCUT2D eigenvalue weighted by Crippen LogP contribution is -2.37. The minimum absolute atomic E-state index is 0.754. The molecule has 1 saturated carbocycles. The Morgan fingerprint density at radius 1 is 1.12 bits per heavy atom. The van der Waals surface area contributed by atoms with Gasteiger partial charge in [-0.05, 0) is 44.1 Å². The molecule has 100 valence electrons. The maximum atomic E-state index is 5.52. The summed E-state index contributed by atoms with van der Waals surface area (Å²) in [6.07, 6.45) is 11.4. The molecule has 2 rings (SSSR count). The Balaban J connectivity index is 1.84. The van der Waals surface area contributed by atoms with Crippen molar-refractivity contribution in [3.63, 3.8) is 0 Å². The number of ether oxygens (including phenoxy) is 1. The van der Waals surface area contributed by atoms with Crippen molar-refractivity contribution in [3.05, 3.63) is 0 Å². The van der Waals surface area contributed by atoms with Crippen molar-refractivity contribution in [2.45, 2.75) is 64.3 Å². The molecule has 0 bridgehead atoms. The zero-order valence-electron chi connectivity index (χ0n) is 11.4. The van der Waals surface area contributed by atoms with Crippen LogP contribution in [0.25, 0.3) is 0 Å². The summed E-state index contributed by atoms with van der Waals surface area (Å²) in [6.45, 7) is 5.37. The van der Waals surface area contributed by atoms with Gasteiger partial charge in [0.1, 0.15) is 0 Å². The van der Waals surface area contributed by atoms with Crippen LogP contribution in [0.15, 0.2) is 0 Å². The zero-order valence-corrected chi connectivity index (χ0v) is 11.4. The number of hydrogen-bond acceptors (Lipinski definition) is 2. The van der Waals surface area contributed by atoms with Gasteiger partial charge in [-0.2, -0.15) is 0 Å². The maximum absolute atomic E-state index is 5.52. The second-order valence-corrected chi connectivity index (χ2v) is 5.88. The van der Waals surface area contributed by atoms with Crippen molar-refractivity contribution >= 4 is 0 Å². The highest BCUT2D eigenvalue weighted by Crippen LogP contribution is 2.30. The lowest BCUT2D eigenvalue weighted by molar-refractivity contribution is 0.176. The highest BCUT2D eigenvalue weighted by Gasteiger charge is 2.26. The lowest BCUT2D eigenvalue weighted by atomic mass is 9.85. The first-order valence-electron chi connectivity index (χ1n) is 7.71. The molecule has 2 atom stereocenters. The van der Waals surface area contributed by atoms with E-state index in [0.717, 1.165) is 37.6 Å². The monoisotopic (exact) mass is 239 g/mol. The fourth-order valence-electron chi connectivity index (χ4n) is 3.55. The highest BCUT2D eigenvalue weighted by atomic mass is 16.5. The normalized spacial score (nSPS) is 29.1. The molecule has 2 aliphatic rings. The second-order valence-electron chi connectivity index (χ2n) is 5.88. The number of hydrogen-bond donors (Lipinski definition) is 1. The van der Waals surface area contributed by atoms with Crippen molar-refractivity contribution in [2.24, 2.45) is 11.8 Å². The molecule has 0 aromatic carbocycles. The molecule has 1 aliphatic carbocycles. The molecule has 2 fully saturated rings. The van der Waals surface area contributed by atoms with E-state index in [0.29, 0.717) is 0 Å². The first-order valence-corrected chi connectivity index (χ1v) is 7.71. The SMILES string of the molecule is CCNC(CC1CCOC1)C1CCCCCC1. The minimum Gasteiger partial charge on any atom is -0.381 e. The molecule has 1 heterocycles. The van der Waals surface area contributed by atoms with Crippen LogP contribution in [0.1, 0.15) is 58.3 Å². The third-order valence-corrected chi connectivity index (χ3v) is 4.55. The Hall–Kier alpha value is -0.0800. The molecule has 0 radical (unpaired) electrons. The van der Waals surface area contributed by atoms with Crippen LogP contribution in [-0.2, 0) is 4.74 Å². The van der Waals surface area contributed by atoms with Crippen molar-refractivity contribution in [1.29, 1.82) is 0 Å². The summed E-state index contributed by atoms with van der Waals surface area (Å²) in [5.41, 5.74) is 0. The van der Waals surface area contributed by atoms with Crippen molar-refractivity contribution in [3.8, 4) is 0 Å². The van der Waals surface area contributed by atoms with Gasteiger partial charge in [0.2, 0.25) is 0 Å². The summed E-state index contributed by atoms with van der Waals surface area (Å²) in [4.78, 5) is 0. The first kappa shape index (κ1) is 13.4. The summed E-state index contributed by atoms with van der Waals surface area (Å²) >= 11 is 0. The van der Waals surface area contributed by atoms with Gasteiger partial charge < -0.3 is 10.1 Å². The molecule has 1 aliphatic heterocycles. The van der Waals surface area contributed by atoms with E-state index < -0.39 is 0 Å². The van der Waals surface area contributed by atoms with E-state index in [1.165, 1.54) is 51.4 Å². The van der Waals surface area contributed by atoms with Crippen LogP contribution in [0.2, 0.25) is 0 Å². The molecule has 0 amide bonds. The van der Waals surface area contributed by atoms with Gasteiger partial charge in [0, 0.05) is 19.3 Å². The number of rotatable bonds is 5. The minimum atomic E-state index is 0.754. The largest absolute Gasteiger partial charge is 0.381 e. The molecule has 0 aromatic rings. The van der Waals surface area contributed by atoms with Gasteiger partial charge >= 0.3 is 0 Å². The van der Waals surface area contributed by atoms with E-state index in [9.17, 15) is 0 Å². The fourth-order valence-corrected chi connectivity index (χ4v) is 3.55. The van der Waals surface area contributed by atoms with Crippen molar-refractivity contribution in [2.75, 3.05) is 19.8 Å². The van der Waals surface area contributed by atoms with Crippen LogP contribution in [0.5, 0.6) is 0 Å². The third-order valence-electron chi connectivity index (χ3n) is 4.55. The van der Waals surface area contributed by atoms with Gasteiger partial charge in [-0.3, -0.25) is 0 Å². The quantitative estimate of drug-likeness (QED) is 0.743. The molecule has 2 unspecified atom stereocenters. The van der Waals surface area contributed by atoms with Crippen molar-refractivity contribution in [1.82, 2.24) is 5.32 Å². The van der Waals surface area contributed by atoms with Gasteiger partial charge in [0.25, 0.3) is 0 Å². The summed E-state index contributed by atoms with van der Waals surface area (Å²) in [6, 6.07) is 0.754. The van der Waals surface area contributed by atoms with Crippen LogP contribution < -0.4 is 5.32 Å². The molecule has 1 saturated heterocycles. The van der Waals surface area contributed by atoms with Gasteiger partial charge in [-0.1, -0.05) is 32.6 Å². The summed E-state index contributed by atoms with van der Waals surface area (Å²) < 4.78 is 5.52. The van der Waals surface area contributed by atoms with E-state index in [-0.39, 0.29) is 0 Å². The standard InChI is InChI=1S/C15H29NO/c1-2-16-15(11-13-9-10-17-12-13)14-7-5-3-4-6-8-14/h13-16H,2-12H2,1H3. The lowest BCUT2D eigenvalue weighted by Gasteiger charge is -2.29. The van der Waals surface area contributed by atoms with Crippen LogP contribution in [0.3, 0.4) is 0 Å². The topological polar surface area (TPSA) is 21.3 Å². The first-order chi connectivity index (χ1) is 8.40. The highest BCUT2D eigenvalue weighted by molar-refractivity contribution is 4.81. The number of nitrogens with one attached hydrogen (secondary N) is 1. The Labute approximate surface area is 107 Å². The molecule has 2 nitrogen and oxygen atoms in total. The Bertz CT molecular complexity index is 193. The Morgan fingerprint density at radius 3 is 2.47 bits per heavy atom. The van der Waals surface area contributed by atoms with E-state index in [1.807, 2.05) is 0 Å². The molecule has 1 N–H and O–H groups in total. The summed E-state index contributed by atoms with van der Waals surface area (Å²) in [5.74, 6) is 1.75. The third kappa shape index (κ3) is 4.26. The summed E-state index contributed by atoms with van der Waals surface area (Å²) in [5, 5.41) is 3.75. The van der Waals surface area contributed by atoms with E-state index in [2.05, 4.69) is 12.2 Å². The van der Waals surface area contributed by atoms with Gasteiger partial charge in [-0.15, -0.1) is 0 Å².